The lowest BCUT2D eigenvalue weighted by atomic mass is 10.1. The predicted octanol–water partition coefficient (Wildman–Crippen LogP) is 0.385. The zero-order chi connectivity index (χ0) is 17.8. The summed E-state index contributed by atoms with van der Waals surface area (Å²) in [5.41, 5.74) is -0.300. The first-order chi connectivity index (χ1) is 12.1. The normalized spacial score (nSPS) is 16.8. The lowest BCUT2D eigenvalue weighted by Crippen LogP contribution is -2.35. The van der Waals surface area contributed by atoms with Gasteiger partial charge in [-0.05, 0) is 18.9 Å². The smallest absolute Gasteiger partial charge is 0.359 e. The van der Waals surface area contributed by atoms with Crippen molar-refractivity contribution in [3.8, 4) is 0 Å². The summed E-state index contributed by atoms with van der Waals surface area (Å²) in [5, 5.41) is 7.41. The van der Waals surface area contributed by atoms with E-state index in [0.29, 0.717) is 23.9 Å². The van der Waals surface area contributed by atoms with Crippen molar-refractivity contribution in [1.29, 1.82) is 0 Å². The maximum atomic E-state index is 12.3. The Morgan fingerprint density at radius 3 is 2.84 bits per heavy atom. The largest absolute Gasteiger partial charge is 0.451 e. The quantitative estimate of drug-likeness (QED) is 0.787. The highest BCUT2D eigenvalue weighted by molar-refractivity contribution is 6.02. The zero-order valence-electron chi connectivity index (χ0n) is 13.9. The van der Waals surface area contributed by atoms with Gasteiger partial charge >= 0.3 is 5.97 Å². The van der Waals surface area contributed by atoms with Crippen LogP contribution >= 0.6 is 0 Å². The van der Waals surface area contributed by atoms with E-state index in [-0.39, 0.29) is 17.4 Å². The fraction of sp³-hybridized carbons (Fsp3) is 0.412. The standard InChI is InChI=1S/C17H19N3O5/c1-20-16(22)13-7-3-2-6-12(13)15(19-20)17(23)25-10-14(21)18-9-11-5-4-8-24-11/h2-3,6-7,11H,4-5,8-10H2,1H3,(H,18,21). The Hall–Kier alpha value is -2.74. The number of nitrogens with zero attached hydrogens (tertiary/aromatic N) is 2. The number of aryl methyl sites for hydroxylation is 1. The molecule has 2 aromatic rings. The Balaban J connectivity index is 1.65. The van der Waals surface area contributed by atoms with Crippen molar-refractivity contribution in [2.45, 2.75) is 18.9 Å². The third kappa shape index (κ3) is 3.85. The molecule has 0 bridgehead atoms. The van der Waals surface area contributed by atoms with Gasteiger partial charge in [-0.1, -0.05) is 18.2 Å². The monoisotopic (exact) mass is 345 g/mol. The van der Waals surface area contributed by atoms with Gasteiger partial charge in [0.05, 0.1) is 11.5 Å². The molecule has 3 rings (SSSR count). The summed E-state index contributed by atoms with van der Waals surface area (Å²) in [5.74, 6) is -1.16. The van der Waals surface area contributed by atoms with Gasteiger partial charge < -0.3 is 14.8 Å². The highest BCUT2D eigenvalue weighted by atomic mass is 16.5. The Kier molecular flexibility index (Phi) is 5.08. The van der Waals surface area contributed by atoms with Crippen molar-refractivity contribution < 1.29 is 19.1 Å². The molecule has 1 amide bonds. The first-order valence-corrected chi connectivity index (χ1v) is 8.07. The third-order valence-electron chi connectivity index (χ3n) is 4.04. The maximum absolute atomic E-state index is 12.3. The maximum Gasteiger partial charge on any atom is 0.359 e. The number of hydrogen-bond acceptors (Lipinski definition) is 6. The molecule has 0 radical (unpaired) electrons. The third-order valence-corrected chi connectivity index (χ3v) is 4.04. The highest BCUT2D eigenvalue weighted by Gasteiger charge is 2.19. The van der Waals surface area contributed by atoms with Crippen LogP contribution in [-0.4, -0.2) is 47.5 Å². The van der Waals surface area contributed by atoms with E-state index in [1.165, 1.54) is 7.05 Å². The summed E-state index contributed by atoms with van der Waals surface area (Å²) in [6, 6.07) is 6.65. The molecule has 1 aliphatic heterocycles. The van der Waals surface area contributed by atoms with Crippen LogP contribution in [0.4, 0.5) is 0 Å². The predicted molar refractivity (Wildman–Crippen MR) is 89.3 cm³/mol. The van der Waals surface area contributed by atoms with Crippen LogP contribution in [0.1, 0.15) is 23.3 Å². The number of rotatable bonds is 5. The Labute approximate surface area is 143 Å². The number of esters is 1. The summed E-state index contributed by atoms with van der Waals surface area (Å²) in [6.07, 6.45) is 1.92. The van der Waals surface area contributed by atoms with Crippen molar-refractivity contribution in [3.05, 3.63) is 40.3 Å². The van der Waals surface area contributed by atoms with Gasteiger partial charge in [0, 0.05) is 25.6 Å². The van der Waals surface area contributed by atoms with Gasteiger partial charge in [-0.2, -0.15) is 5.10 Å². The van der Waals surface area contributed by atoms with E-state index in [2.05, 4.69) is 10.4 Å². The van der Waals surface area contributed by atoms with Crippen LogP contribution in [0.2, 0.25) is 0 Å². The van der Waals surface area contributed by atoms with Gasteiger partial charge in [-0.3, -0.25) is 9.59 Å². The number of nitrogens with one attached hydrogen (secondary N) is 1. The Bertz CT molecular complexity index is 855. The molecule has 0 spiro atoms. The SMILES string of the molecule is Cn1nc(C(=O)OCC(=O)NCC2CCCO2)c2ccccc2c1=O. The van der Waals surface area contributed by atoms with Crippen molar-refractivity contribution in [1.82, 2.24) is 15.1 Å². The summed E-state index contributed by atoms with van der Waals surface area (Å²) < 4.78 is 11.5. The van der Waals surface area contributed by atoms with Gasteiger partial charge in [0.15, 0.2) is 12.3 Å². The number of carbonyl (C=O) groups is 2. The van der Waals surface area contributed by atoms with E-state index in [1.807, 2.05) is 0 Å². The Morgan fingerprint density at radius 2 is 2.12 bits per heavy atom. The second-order valence-electron chi connectivity index (χ2n) is 5.84. The molecular weight excluding hydrogens is 326 g/mol. The van der Waals surface area contributed by atoms with Crippen molar-refractivity contribution in [2.24, 2.45) is 7.05 Å². The van der Waals surface area contributed by atoms with E-state index < -0.39 is 18.5 Å². The molecule has 0 saturated carbocycles. The number of amides is 1. The topological polar surface area (TPSA) is 99.5 Å². The molecule has 1 aliphatic rings. The molecule has 132 valence electrons. The molecule has 1 saturated heterocycles. The molecule has 1 N–H and O–H groups in total. The van der Waals surface area contributed by atoms with Crippen molar-refractivity contribution >= 4 is 22.6 Å². The summed E-state index contributed by atoms with van der Waals surface area (Å²) in [4.78, 5) is 36.1. The van der Waals surface area contributed by atoms with Crippen LogP contribution in [-0.2, 0) is 21.3 Å². The average molecular weight is 345 g/mol. The molecule has 1 unspecified atom stereocenters. The van der Waals surface area contributed by atoms with Gasteiger partial charge in [0.1, 0.15) is 0 Å². The minimum atomic E-state index is -0.751. The van der Waals surface area contributed by atoms with Gasteiger partial charge in [0.2, 0.25) is 0 Å². The van der Waals surface area contributed by atoms with Crippen LogP contribution in [0, 0.1) is 0 Å². The number of hydrogen-bond donors (Lipinski definition) is 1. The van der Waals surface area contributed by atoms with Crippen LogP contribution in [0.3, 0.4) is 0 Å². The fourth-order valence-corrected chi connectivity index (χ4v) is 2.73. The molecule has 1 aromatic carbocycles. The minimum Gasteiger partial charge on any atom is -0.451 e. The van der Waals surface area contributed by atoms with Gasteiger partial charge in [-0.15, -0.1) is 0 Å². The number of ether oxygens (including phenoxy) is 2. The van der Waals surface area contributed by atoms with Gasteiger partial charge in [0.25, 0.3) is 11.5 Å². The molecule has 1 aromatic heterocycles. The van der Waals surface area contributed by atoms with Crippen LogP contribution in [0.25, 0.3) is 10.8 Å². The second kappa shape index (κ2) is 7.43. The highest BCUT2D eigenvalue weighted by Crippen LogP contribution is 2.14. The lowest BCUT2D eigenvalue weighted by Gasteiger charge is -2.11. The van der Waals surface area contributed by atoms with E-state index in [9.17, 15) is 14.4 Å². The first kappa shape index (κ1) is 17.1. The molecule has 25 heavy (non-hydrogen) atoms. The molecule has 8 heteroatoms. The lowest BCUT2D eigenvalue weighted by molar-refractivity contribution is -0.124. The molecular formula is C17H19N3O5. The zero-order valence-corrected chi connectivity index (χ0v) is 13.9. The summed E-state index contributed by atoms with van der Waals surface area (Å²) in [6.45, 7) is 0.697. The van der Waals surface area contributed by atoms with Gasteiger partial charge in [-0.25, -0.2) is 9.48 Å². The molecule has 0 aliphatic carbocycles. The van der Waals surface area contributed by atoms with E-state index in [0.717, 1.165) is 17.5 Å². The van der Waals surface area contributed by atoms with E-state index in [4.69, 9.17) is 9.47 Å². The van der Waals surface area contributed by atoms with Crippen molar-refractivity contribution in [2.75, 3.05) is 19.8 Å². The molecule has 8 nitrogen and oxygen atoms in total. The van der Waals surface area contributed by atoms with Crippen LogP contribution in [0.5, 0.6) is 0 Å². The van der Waals surface area contributed by atoms with E-state index >= 15 is 0 Å². The number of carbonyl (C=O) groups excluding carboxylic acids is 2. The molecule has 1 atom stereocenters. The fourth-order valence-electron chi connectivity index (χ4n) is 2.73. The second-order valence-corrected chi connectivity index (χ2v) is 5.84. The first-order valence-electron chi connectivity index (χ1n) is 8.07. The average Bonchev–Trinajstić information content (AvgIpc) is 3.14. The van der Waals surface area contributed by atoms with Crippen molar-refractivity contribution in [3.63, 3.8) is 0 Å². The Morgan fingerprint density at radius 1 is 1.36 bits per heavy atom. The number of fused-ring (bicyclic) bond motifs is 1. The molecule has 2 heterocycles. The van der Waals surface area contributed by atoms with Crippen LogP contribution in [0.15, 0.2) is 29.1 Å². The van der Waals surface area contributed by atoms with E-state index in [1.54, 1.807) is 24.3 Å². The number of benzene rings is 1. The number of aromatic nitrogens is 2. The molecule has 1 fully saturated rings. The summed E-state index contributed by atoms with van der Waals surface area (Å²) >= 11 is 0. The van der Waals surface area contributed by atoms with Crippen LogP contribution < -0.4 is 10.9 Å². The minimum absolute atomic E-state index is 0.00428. The summed E-state index contributed by atoms with van der Waals surface area (Å²) in [7, 11) is 1.46.